The maximum atomic E-state index is 13.8. The van der Waals surface area contributed by atoms with Crippen LogP contribution in [0.15, 0.2) is 61.2 Å². The third-order valence-electron chi connectivity index (χ3n) is 8.06. The minimum Gasteiger partial charge on any atom is -0.493 e. The molecule has 0 bridgehead atoms. The highest BCUT2D eigenvalue weighted by atomic mass is 16.5. The second-order valence-electron chi connectivity index (χ2n) is 11.0. The lowest BCUT2D eigenvalue weighted by Gasteiger charge is -2.37. The van der Waals surface area contributed by atoms with Gasteiger partial charge in [0.05, 0.1) is 27.0 Å². The molecule has 0 spiro atoms. The van der Waals surface area contributed by atoms with Gasteiger partial charge in [0, 0.05) is 50.5 Å². The van der Waals surface area contributed by atoms with E-state index in [4.69, 9.17) is 18.9 Å². The minimum absolute atomic E-state index is 0.248. The fourth-order valence-corrected chi connectivity index (χ4v) is 5.63. The van der Waals surface area contributed by atoms with Gasteiger partial charge in [0.2, 0.25) is 5.75 Å². The Morgan fingerprint density at radius 3 is 2.00 bits per heavy atom. The molecule has 236 valence electrons. The van der Waals surface area contributed by atoms with Crippen molar-refractivity contribution in [2.45, 2.75) is 69.9 Å². The standard InChI is InChI=1S/C34H44N4O6/c1-37(27-21-30(41-2)32(43-4)31(22-27)42-3)34(40)38-20-6-5-17-29(38)33(39)44-28(15-7-11-25-13-9-18-35-23-25)16-8-12-26-14-10-19-36-24-26/h9-10,13-14,18-19,21-24,28-29H,5-8,11-12,15-17,20H2,1-4H3/t29-/m0/s1. The Labute approximate surface area is 260 Å². The van der Waals surface area contributed by atoms with Crippen molar-refractivity contribution in [3.63, 3.8) is 0 Å². The van der Waals surface area contributed by atoms with Crippen LogP contribution in [0.25, 0.3) is 0 Å². The summed E-state index contributed by atoms with van der Waals surface area (Å²) in [5, 5.41) is 0. The highest BCUT2D eigenvalue weighted by molar-refractivity contribution is 5.95. The van der Waals surface area contributed by atoms with E-state index in [0.29, 0.717) is 35.9 Å². The molecule has 44 heavy (non-hydrogen) atoms. The number of nitrogens with zero attached hydrogens (tertiary/aromatic N) is 4. The van der Waals surface area contributed by atoms with Crippen molar-refractivity contribution in [2.24, 2.45) is 0 Å². The lowest BCUT2D eigenvalue weighted by atomic mass is 10.0. The summed E-state index contributed by atoms with van der Waals surface area (Å²) in [6.07, 6.45) is 14.2. The van der Waals surface area contributed by atoms with Gasteiger partial charge in [0.1, 0.15) is 12.1 Å². The average molecular weight is 605 g/mol. The zero-order valence-electron chi connectivity index (χ0n) is 26.2. The molecule has 1 aliphatic heterocycles. The predicted molar refractivity (Wildman–Crippen MR) is 168 cm³/mol. The number of carbonyl (C=O) groups excluding carboxylic acids is 2. The number of piperidine rings is 1. The van der Waals surface area contributed by atoms with Crippen molar-refractivity contribution < 1.29 is 28.5 Å². The van der Waals surface area contributed by atoms with Gasteiger partial charge >= 0.3 is 12.0 Å². The van der Waals surface area contributed by atoms with E-state index in [1.807, 2.05) is 24.5 Å². The van der Waals surface area contributed by atoms with Crippen LogP contribution in [0.3, 0.4) is 0 Å². The van der Waals surface area contributed by atoms with E-state index in [0.717, 1.165) is 62.5 Å². The number of likely N-dealkylation sites (tertiary alicyclic amines) is 1. The van der Waals surface area contributed by atoms with E-state index >= 15 is 0 Å². The summed E-state index contributed by atoms with van der Waals surface area (Å²) in [6, 6.07) is 10.5. The van der Waals surface area contributed by atoms with Gasteiger partial charge in [-0.25, -0.2) is 9.59 Å². The highest BCUT2D eigenvalue weighted by Gasteiger charge is 2.36. The lowest BCUT2D eigenvalue weighted by molar-refractivity contribution is -0.156. The quantitative estimate of drug-likeness (QED) is 0.211. The van der Waals surface area contributed by atoms with Crippen LogP contribution in [0.1, 0.15) is 56.1 Å². The average Bonchev–Trinajstić information content (AvgIpc) is 3.07. The number of esters is 1. The van der Waals surface area contributed by atoms with E-state index in [-0.39, 0.29) is 18.1 Å². The minimum atomic E-state index is -0.653. The maximum absolute atomic E-state index is 13.8. The number of benzene rings is 1. The molecule has 1 atom stereocenters. The molecule has 2 aromatic heterocycles. The summed E-state index contributed by atoms with van der Waals surface area (Å²) in [5.74, 6) is 0.981. The van der Waals surface area contributed by atoms with Crippen LogP contribution in [-0.2, 0) is 22.4 Å². The Hall–Kier alpha value is -4.34. The molecule has 10 nitrogen and oxygen atoms in total. The number of hydrogen-bond acceptors (Lipinski definition) is 8. The van der Waals surface area contributed by atoms with Gasteiger partial charge < -0.3 is 23.8 Å². The molecule has 4 rings (SSSR count). The first kappa shape index (κ1) is 32.6. The van der Waals surface area contributed by atoms with E-state index in [1.54, 1.807) is 36.5 Å². The number of amides is 2. The number of hydrogen-bond donors (Lipinski definition) is 0. The second-order valence-corrected chi connectivity index (χ2v) is 11.0. The second kappa shape index (κ2) is 16.5. The van der Waals surface area contributed by atoms with Crippen molar-refractivity contribution in [1.82, 2.24) is 14.9 Å². The zero-order chi connectivity index (χ0) is 31.3. The van der Waals surface area contributed by atoms with Gasteiger partial charge in [-0.2, -0.15) is 0 Å². The first-order chi connectivity index (χ1) is 21.4. The first-order valence-electron chi connectivity index (χ1n) is 15.3. The molecular formula is C34H44N4O6. The zero-order valence-corrected chi connectivity index (χ0v) is 26.2. The number of urea groups is 1. The van der Waals surface area contributed by atoms with Gasteiger partial charge in [-0.05, 0) is 81.0 Å². The number of ether oxygens (including phenoxy) is 4. The molecule has 3 aromatic rings. The van der Waals surface area contributed by atoms with Gasteiger partial charge in [0.15, 0.2) is 11.5 Å². The van der Waals surface area contributed by atoms with Crippen LogP contribution in [-0.4, -0.2) is 73.9 Å². The van der Waals surface area contributed by atoms with E-state index in [1.165, 1.54) is 26.2 Å². The van der Waals surface area contributed by atoms with Crippen LogP contribution in [0.4, 0.5) is 10.5 Å². The molecule has 1 fully saturated rings. The Morgan fingerprint density at radius 1 is 0.909 bits per heavy atom. The van der Waals surface area contributed by atoms with Gasteiger partial charge in [-0.1, -0.05) is 12.1 Å². The summed E-state index contributed by atoms with van der Waals surface area (Å²) in [5.41, 5.74) is 2.88. The predicted octanol–water partition coefficient (Wildman–Crippen LogP) is 5.87. The molecule has 0 saturated carbocycles. The third kappa shape index (κ3) is 8.61. The summed E-state index contributed by atoms with van der Waals surface area (Å²) in [6.45, 7) is 0.472. The monoisotopic (exact) mass is 604 g/mol. The maximum Gasteiger partial charge on any atom is 0.329 e. The lowest BCUT2D eigenvalue weighted by Crippen LogP contribution is -2.53. The fourth-order valence-electron chi connectivity index (χ4n) is 5.63. The van der Waals surface area contributed by atoms with Crippen molar-refractivity contribution in [3.8, 4) is 17.2 Å². The molecule has 0 unspecified atom stereocenters. The summed E-state index contributed by atoms with van der Waals surface area (Å²) >= 11 is 0. The molecule has 3 heterocycles. The molecule has 1 aliphatic rings. The van der Waals surface area contributed by atoms with Gasteiger partial charge in [-0.15, -0.1) is 0 Å². The molecule has 0 N–H and O–H groups in total. The summed E-state index contributed by atoms with van der Waals surface area (Å²) in [7, 11) is 6.27. The van der Waals surface area contributed by atoms with E-state index in [2.05, 4.69) is 22.1 Å². The molecule has 0 aliphatic carbocycles. The fraction of sp³-hybridized carbons (Fsp3) is 0.471. The molecule has 2 amide bonds. The number of rotatable bonds is 14. The Kier molecular flexibility index (Phi) is 12.2. The van der Waals surface area contributed by atoms with E-state index in [9.17, 15) is 9.59 Å². The Bertz CT molecular complexity index is 1270. The van der Waals surface area contributed by atoms with Crippen molar-refractivity contribution in [1.29, 1.82) is 0 Å². The smallest absolute Gasteiger partial charge is 0.329 e. The number of pyridine rings is 2. The number of anilines is 1. The van der Waals surface area contributed by atoms with Crippen LogP contribution in [0, 0.1) is 0 Å². The van der Waals surface area contributed by atoms with Crippen molar-refractivity contribution >= 4 is 17.7 Å². The van der Waals surface area contributed by atoms with Crippen LogP contribution in [0.2, 0.25) is 0 Å². The molecule has 0 radical (unpaired) electrons. The largest absolute Gasteiger partial charge is 0.493 e. The SMILES string of the molecule is COc1cc(N(C)C(=O)N2CCCC[C@H]2C(=O)OC(CCCc2cccnc2)CCCc2cccnc2)cc(OC)c1OC. The van der Waals surface area contributed by atoms with Gasteiger partial charge in [-0.3, -0.25) is 14.9 Å². The topological polar surface area (TPSA) is 103 Å². The number of carbonyl (C=O) groups is 2. The van der Waals surface area contributed by atoms with Crippen LogP contribution < -0.4 is 19.1 Å². The Morgan fingerprint density at radius 2 is 1.50 bits per heavy atom. The number of methoxy groups -OCH3 is 3. The summed E-state index contributed by atoms with van der Waals surface area (Å²) in [4.78, 5) is 39.1. The van der Waals surface area contributed by atoms with Crippen LogP contribution in [0.5, 0.6) is 17.2 Å². The van der Waals surface area contributed by atoms with Crippen LogP contribution >= 0.6 is 0 Å². The number of aryl methyl sites for hydroxylation is 2. The summed E-state index contributed by atoms with van der Waals surface area (Å²) < 4.78 is 22.6. The van der Waals surface area contributed by atoms with Gasteiger partial charge in [0.25, 0.3) is 0 Å². The normalized spacial score (nSPS) is 14.7. The molecule has 1 aromatic carbocycles. The highest BCUT2D eigenvalue weighted by Crippen LogP contribution is 2.41. The van der Waals surface area contributed by atoms with Crippen molar-refractivity contribution in [3.05, 3.63) is 72.3 Å². The molecule has 1 saturated heterocycles. The first-order valence-corrected chi connectivity index (χ1v) is 15.3. The van der Waals surface area contributed by atoms with Crippen molar-refractivity contribution in [2.75, 3.05) is 39.8 Å². The van der Waals surface area contributed by atoms with E-state index < -0.39 is 6.04 Å². The Balaban J connectivity index is 1.45. The number of aromatic nitrogens is 2. The molecular weight excluding hydrogens is 560 g/mol. The molecule has 10 heteroatoms. The third-order valence-corrected chi connectivity index (χ3v) is 8.06.